The van der Waals surface area contributed by atoms with Crippen LogP contribution in [0.1, 0.15) is 24.3 Å². The fourth-order valence-electron chi connectivity index (χ4n) is 1.71. The van der Waals surface area contributed by atoms with Gasteiger partial charge in [-0.3, -0.25) is 9.78 Å². The first-order valence-electron chi connectivity index (χ1n) is 6.27. The lowest BCUT2D eigenvalue weighted by atomic mass is 10.1. The SMILES string of the molecule is CC(C)Cc1cnc(NC(=O)Cc2cccnc2)s1. The summed E-state index contributed by atoms with van der Waals surface area (Å²) < 4.78 is 0. The first kappa shape index (κ1) is 13.7. The van der Waals surface area contributed by atoms with E-state index in [0.717, 1.165) is 12.0 Å². The Hall–Kier alpha value is -1.75. The van der Waals surface area contributed by atoms with Gasteiger partial charge >= 0.3 is 0 Å². The molecule has 0 aliphatic rings. The van der Waals surface area contributed by atoms with E-state index in [1.54, 1.807) is 23.7 Å². The molecule has 0 aliphatic carbocycles. The van der Waals surface area contributed by atoms with Gasteiger partial charge in [-0.05, 0) is 24.0 Å². The molecular weight excluding hydrogens is 258 g/mol. The third kappa shape index (κ3) is 4.44. The van der Waals surface area contributed by atoms with E-state index < -0.39 is 0 Å². The van der Waals surface area contributed by atoms with Gasteiger partial charge in [-0.2, -0.15) is 0 Å². The van der Waals surface area contributed by atoms with Crippen molar-refractivity contribution in [3.8, 4) is 0 Å². The molecular formula is C14H17N3OS. The van der Waals surface area contributed by atoms with E-state index in [2.05, 4.69) is 29.1 Å². The number of thiazole rings is 1. The number of anilines is 1. The normalized spacial score (nSPS) is 10.7. The lowest BCUT2D eigenvalue weighted by molar-refractivity contribution is -0.115. The zero-order valence-corrected chi connectivity index (χ0v) is 11.9. The van der Waals surface area contributed by atoms with E-state index >= 15 is 0 Å². The van der Waals surface area contributed by atoms with Crippen LogP contribution in [0.2, 0.25) is 0 Å². The maximum absolute atomic E-state index is 11.8. The summed E-state index contributed by atoms with van der Waals surface area (Å²) >= 11 is 1.54. The first-order valence-corrected chi connectivity index (χ1v) is 7.08. The summed E-state index contributed by atoms with van der Waals surface area (Å²) in [6.07, 6.45) is 6.56. The summed E-state index contributed by atoms with van der Waals surface area (Å²) in [7, 11) is 0. The molecule has 2 aromatic rings. The molecule has 0 unspecified atom stereocenters. The molecule has 4 nitrogen and oxygen atoms in total. The van der Waals surface area contributed by atoms with Crippen molar-refractivity contribution < 1.29 is 4.79 Å². The zero-order valence-electron chi connectivity index (χ0n) is 11.1. The van der Waals surface area contributed by atoms with Crippen LogP contribution >= 0.6 is 11.3 Å². The second-order valence-electron chi connectivity index (χ2n) is 4.82. The van der Waals surface area contributed by atoms with Crippen LogP contribution in [0, 0.1) is 5.92 Å². The Morgan fingerprint density at radius 1 is 1.42 bits per heavy atom. The van der Waals surface area contributed by atoms with Crippen molar-refractivity contribution in [1.82, 2.24) is 9.97 Å². The molecule has 0 aromatic carbocycles. The largest absolute Gasteiger partial charge is 0.302 e. The van der Waals surface area contributed by atoms with E-state index in [1.165, 1.54) is 4.88 Å². The summed E-state index contributed by atoms with van der Waals surface area (Å²) in [4.78, 5) is 21.3. The Labute approximate surface area is 116 Å². The number of carbonyl (C=O) groups excluding carboxylic acids is 1. The molecule has 0 atom stereocenters. The lowest BCUT2D eigenvalue weighted by Gasteiger charge is -2.01. The number of nitrogens with one attached hydrogen (secondary N) is 1. The standard InChI is InChI=1S/C14H17N3OS/c1-10(2)6-12-9-16-14(19-12)17-13(18)7-11-4-3-5-15-8-11/h3-5,8-10H,6-7H2,1-2H3,(H,16,17,18). The number of rotatable bonds is 5. The van der Waals surface area contributed by atoms with Gasteiger partial charge in [0.05, 0.1) is 6.42 Å². The molecule has 19 heavy (non-hydrogen) atoms. The van der Waals surface area contributed by atoms with Crippen LogP contribution in [0.3, 0.4) is 0 Å². The number of nitrogens with zero attached hydrogens (tertiary/aromatic N) is 2. The topological polar surface area (TPSA) is 54.9 Å². The van der Waals surface area contributed by atoms with Crippen LogP contribution in [-0.4, -0.2) is 15.9 Å². The lowest BCUT2D eigenvalue weighted by Crippen LogP contribution is -2.14. The summed E-state index contributed by atoms with van der Waals surface area (Å²) in [6.45, 7) is 4.33. The fourth-order valence-corrected chi connectivity index (χ4v) is 2.75. The molecule has 0 saturated heterocycles. The van der Waals surface area contributed by atoms with E-state index in [9.17, 15) is 4.79 Å². The minimum Gasteiger partial charge on any atom is -0.302 e. The number of pyridine rings is 1. The number of aromatic nitrogens is 2. The number of amides is 1. The molecule has 1 N–H and O–H groups in total. The van der Waals surface area contributed by atoms with Crippen LogP contribution in [0.15, 0.2) is 30.7 Å². The van der Waals surface area contributed by atoms with Gasteiger partial charge in [0.2, 0.25) is 5.91 Å². The second-order valence-corrected chi connectivity index (χ2v) is 5.93. The van der Waals surface area contributed by atoms with Gasteiger partial charge in [-0.1, -0.05) is 19.9 Å². The zero-order chi connectivity index (χ0) is 13.7. The van der Waals surface area contributed by atoms with Gasteiger partial charge in [0.25, 0.3) is 0 Å². The molecule has 2 heterocycles. The molecule has 5 heteroatoms. The first-order chi connectivity index (χ1) is 9.13. The van der Waals surface area contributed by atoms with Gasteiger partial charge in [0.1, 0.15) is 0 Å². The fraction of sp³-hybridized carbons (Fsp3) is 0.357. The highest BCUT2D eigenvalue weighted by atomic mass is 32.1. The van der Waals surface area contributed by atoms with Crippen LogP contribution < -0.4 is 5.32 Å². The molecule has 0 bridgehead atoms. The third-order valence-electron chi connectivity index (χ3n) is 2.50. The predicted molar refractivity (Wildman–Crippen MR) is 77.2 cm³/mol. The van der Waals surface area contributed by atoms with Crippen molar-refractivity contribution in [2.24, 2.45) is 5.92 Å². The molecule has 0 saturated carbocycles. The molecule has 2 aromatic heterocycles. The van der Waals surface area contributed by atoms with Gasteiger partial charge < -0.3 is 5.32 Å². The monoisotopic (exact) mass is 275 g/mol. The van der Waals surface area contributed by atoms with Crippen molar-refractivity contribution in [2.75, 3.05) is 5.32 Å². The van der Waals surface area contributed by atoms with Crippen LogP contribution in [0.25, 0.3) is 0 Å². The highest BCUT2D eigenvalue weighted by Gasteiger charge is 2.08. The van der Waals surface area contributed by atoms with Crippen molar-refractivity contribution in [3.63, 3.8) is 0 Å². The van der Waals surface area contributed by atoms with Crippen molar-refractivity contribution in [2.45, 2.75) is 26.7 Å². The summed E-state index contributed by atoms with van der Waals surface area (Å²) in [6, 6.07) is 3.71. The molecule has 0 aliphatic heterocycles. The summed E-state index contributed by atoms with van der Waals surface area (Å²) in [5.74, 6) is 0.540. The Morgan fingerprint density at radius 2 is 2.26 bits per heavy atom. The highest BCUT2D eigenvalue weighted by Crippen LogP contribution is 2.21. The summed E-state index contributed by atoms with van der Waals surface area (Å²) in [5, 5.41) is 3.50. The number of hydrogen-bond donors (Lipinski definition) is 1. The minimum absolute atomic E-state index is 0.0570. The molecule has 0 fully saturated rings. The summed E-state index contributed by atoms with van der Waals surface area (Å²) in [5.41, 5.74) is 0.902. The van der Waals surface area contributed by atoms with E-state index in [-0.39, 0.29) is 5.91 Å². The van der Waals surface area contributed by atoms with Gasteiger partial charge in [0.15, 0.2) is 5.13 Å². The van der Waals surface area contributed by atoms with Crippen LogP contribution in [0.5, 0.6) is 0 Å². The highest BCUT2D eigenvalue weighted by molar-refractivity contribution is 7.15. The molecule has 0 radical (unpaired) electrons. The molecule has 0 spiro atoms. The van der Waals surface area contributed by atoms with E-state index in [0.29, 0.717) is 17.5 Å². The average Bonchev–Trinajstić information content (AvgIpc) is 2.76. The Balaban J connectivity index is 1.90. The second kappa shape index (κ2) is 6.43. The Morgan fingerprint density at radius 3 is 2.95 bits per heavy atom. The Bertz CT molecular complexity index is 537. The van der Waals surface area contributed by atoms with Crippen molar-refractivity contribution >= 4 is 22.4 Å². The predicted octanol–water partition coefficient (Wildman–Crippen LogP) is 2.92. The Kier molecular flexibility index (Phi) is 4.63. The van der Waals surface area contributed by atoms with Gasteiger partial charge in [-0.15, -0.1) is 11.3 Å². The van der Waals surface area contributed by atoms with Crippen LogP contribution in [0.4, 0.5) is 5.13 Å². The van der Waals surface area contributed by atoms with Gasteiger partial charge in [-0.25, -0.2) is 4.98 Å². The maximum atomic E-state index is 11.8. The average molecular weight is 275 g/mol. The minimum atomic E-state index is -0.0570. The molecule has 1 amide bonds. The van der Waals surface area contributed by atoms with Gasteiger partial charge in [0, 0.05) is 23.5 Å². The third-order valence-corrected chi connectivity index (χ3v) is 3.43. The van der Waals surface area contributed by atoms with E-state index in [4.69, 9.17) is 0 Å². The smallest absolute Gasteiger partial charge is 0.230 e. The van der Waals surface area contributed by atoms with Crippen molar-refractivity contribution in [1.29, 1.82) is 0 Å². The maximum Gasteiger partial charge on any atom is 0.230 e. The van der Waals surface area contributed by atoms with E-state index in [1.807, 2.05) is 18.3 Å². The molecule has 2 rings (SSSR count). The number of carbonyl (C=O) groups is 1. The van der Waals surface area contributed by atoms with Crippen molar-refractivity contribution in [3.05, 3.63) is 41.2 Å². The van der Waals surface area contributed by atoms with Crippen LogP contribution in [-0.2, 0) is 17.6 Å². The quantitative estimate of drug-likeness (QED) is 0.912. The molecule has 100 valence electrons. The number of hydrogen-bond acceptors (Lipinski definition) is 4.